The molecular formula is C20H16N6OS2. The number of nitrogens with one attached hydrogen (secondary N) is 1. The molecule has 144 valence electrons. The van der Waals surface area contributed by atoms with Gasteiger partial charge in [-0.3, -0.25) is 10.2 Å². The molecule has 0 spiro atoms. The van der Waals surface area contributed by atoms with Crippen LogP contribution in [-0.2, 0) is 0 Å². The van der Waals surface area contributed by atoms with E-state index in [-0.39, 0.29) is 5.56 Å². The summed E-state index contributed by atoms with van der Waals surface area (Å²) in [5.74, 6) is 0. The van der Waals surface area contributed by atoms with E-state index in [4.69, 9.17) is 4.98 Å². The van der Waals surface area contributed by atoms with Gasteiger partial charge in [-0.1, -0.05) is 29.5 Å². The Morgan fingerprint density at radius 1 is 1.07 bits per heavy atom. The van der Waals surface area contributed by atoms with E-state index in [2.05, 4.69) is 20.6 Å². The molecule has 0 unspecified atom stereocenters. The molecule has 1 N–H and O–H groups in total. The van der Waals surface area contributed by atoms with Crippen LogP contribution in [0.1, 0.15) is 17.0 Å². The zero-order valence-electron chi connectivity index (χ0n) is 15.9. The summed E-state index contributed by atoms with van der Waals surface area (Å²) in [7, 11) is 0. The minimum Gasteiger partial charge on any atom is -0.277 e. The fourth-order valence-corrected chi connectivity index (χ4v) is 5.20. The van der Waals surface area contributed by atoms with Crippen LogP contribution in [0.15, 0.2) is 46.3 Å². The largest absolute Gasteiger partial charge is 0.293 e. The Bertz CT molecular complexity index is 1530. The van der Waals surface area contributed by atoms with Gasteiger partial charge in [0.2, 0.25) is 4.96 Å². The molecule has 0 saturated carbocycles. The summed E-state index contributed by atoms with van der Waals surface area (Å²) < 4.78 is 2.61. The summed E-state index contributed by atoms with van der Waals surface area (Å²) in [6, 6.07) is 11.7. The number of thiophene rings is 1. The maximum Gasteiger partial charge on any atom is 0.293 e. The Labute approximate surface area is 173 Å². The molecule has 5 aromatic rings. The van der Waals surface area contributed by atoms with E-state index in [9.17, 15) is 4.79 Å². The van der Waals surface area contributed by atoms with E-state index < -0.39 is 0 Å². The van der Waals surface area contributed by atoms with E-state index in [0.717, 1.165) is 27.2 Å². The van der Waals surface area contributed by atoms with Gasteiger partial charge < -0.3 is 0 Å². The smallest absolute Gasteiger partial charge is 0.277 e. The van der Waals surface area contributed by atoms with Gasteiger partial charge in [0.05, 0.1) is 16.9 Å². The van der Waals surface area contributed by atoms with Gasteiger partial charge >= 0.3 is 0 Å². The Kier molecular flexibility index (Phi) is 4.14. The molecule has 4 aromatic heterocycles. The molecule has 29 heavy (non-hydrogen) atoms. The Hall–Kier alpha value is -3.17. The van der Waals surface area contributed by atoms with Crippen molar-refractivity contribution < 1.29 is 0 Å². The quantitative estimate of drug-likeness (QED) is 0.440. The number of fused-ring (bicyclic) bond motifs is 4. The first-order valence-corrected chi connectivity index (χ1v) is 10.6. The average Bonchev–Trinajstić information content (AvgIpc) is 3.07. The van der Waals surface area contributed by atoms with Gasteiger partial charge in [0.1, 0.15) is 9.53 Å². The first-order chi connectivity index (χ1) is 14.0. The fourth-order valence-electron chi connectivity index (χ4n) is 3.24. The third-order valence-electron chi connectivity index (χ3n) is 4.55. The van der Waals surface area contributed by atoms with Gasteiger partial charge in [-0.05, 0) is 44.5 Å². The van der Waals surface area contributed by atoms with Crippen molar-refractivity contribution in [2.75, 3.05) is 5.43 Å². The molecule has 0 aliphatic heterocycles. The van der Waals surface area contributed by atoms with Gasteiger partial charge in [0.15, 0.2) is 4.67 Å². The van der Waals surface area contributed by atoms with Gasteiger partial charge in [-0.2, -0.15) is 14.7 Å². The van der Waals surface area contributed by atoms with Gasteiger partial charge in [0.25, 0.3) is 5.56 Å². The van der Waals surface area contributed by atoms with Crippen LogP contribution >= 0.6 is 22.7 Å². The van der Waals surface area contributed by atoms with Crippen molar-refractivity contribution in [3.8, 4) is 0 Å². The summed E-state index contributed by atoms with van der Waals surface area (Å²) >= 11 is 2.70. The number of benzene rings is 1. The number of rotatable bonds is 2. The second kappa shape index (κ2) is 6.71. The molecule has 0 bridgehead atoms. The fraction of sp³-hybridized carbons (Fsp3) is 0.150. The number of nitrogens with zero attached hydrogens (tertiary/aromatic N) is 5. The summed E-state index contributed by atoms with van der Waals surface area (Å²) in [6.07, 6.45) is 0. The van der Waals surface area contributed by atoms with Crippen LogP contribution in [0.3, 0.4) is 0 Å². The lowest BCUT2D eigenvalue weighted by atomic mass is 10.1. The number of hydrogen-bond acceptors (Lipinski definition) is 8. The maximum atomic E-state index is 13.1. The Morgan fingerprint density at radius 3 is 2.66 bits per heavy atom. The lowest BCUT2D eigenvalue weighted by molar-refractivity contribution is 0.860. The van der Waals surface area contributed by atoms with E-state index in [0.29, 0.717) is 25.5 Å². The van der Waals surface area contributed by atoms with Crippen molar-refractivity contribution in [1.29, 1.82) is 0 Å². The molecule has 0 saturated heterocycles. The van der Waals surface area contributed by atoms with Gasteiger partial charge in [-0.15, -0.1) is 11.3 Å². The highest BCUT2D eigenvalue weighted by molar-refractivity contribution is 7.25. The number of pyridine rings is 1. The number of para-hydroxylation sites is 1. The Morgan fingerprint density at radius 2 is 1.86 bits per heavy atom. The van der Waals surface area contributed by atoms with Crippen molar-refractivity contribution in [2.45, 2.75) is 20.8 Å². The summed E-state index contributed by atoms with van der Waals surface area (Å²) in [5.41, 5.74) is 7.06. The SMILES string of the molecule is Cc1cc(C)c2c(n1)sc1c(=O)n3nc(C)/c(=N\Nc4ccccc4)sc3nc12. The molecule has 0 radical (unpaired) electrons. The summed E-state index contributed by atoms with van der Waals surface area (Å²) in [5, 5.41) is 9.84. The van der Waals surface area contributed by atoms with Crippen LogP contribution in [-0.4, -0.2) is 19.6 Å². The lowest BCUT2D eigenvalue weighted by Crippen LogP contribution is -2.21. The van der Waals surface area contributed by atoms with Gasteiger partial charge in [0, 0.05) is 11.1 Å². The predicted octanol–water partition coefficient (Wildman–Crippen LogP) is 3.77. The highest BCUT2D eigenvalue weighted by Crippen LogP contribution is 2.32. The zero-order chi connectivity index (χ0) is 20.1. The number of hydrogen-bond donors (Lipinski definition) is 1. The monoisotopic (exact) mass is 420 g/mol. The molecule has 5 rings (SSSR count). The molecule has 0 atom stereocenters. The van der Waals surface area contributed by atoms with Crippen molar-refractivity contribution in [2.24, 2.45) is 5.10 Å². The molecule has 0 aliphatic carbocycles. The number of aryl methyl sites for hydroxylation is 3. The first kappa shape index (κ1) is 17.9. The molecule has 9 heteroatoms. The number of aromatic nitrogens is 4. The van der Waals surface area contributed by atoms with Crippen molar-refractivity contribution in [3.05, 3.63) is 68.4 Å². The number of anilines is 1. The topological polar surface area (TPSA) is 84.5 Å². The lowest BCUT2D eigenvalue weighted by Gasteiger charge is -2.03. The first-order valence-electron chi connectivity index (χ1n) is 8.97. The predicted molar refractivity (Wildman–Crippen MR) is 118 cm³/mol. The third-order valence-corrected chi connectivity index (χ3v) is 6.63. The highest BCUT2D eigenvalue weighted by atomic mass is 32.1. The van der Waals surface area contributed by atoms with E-state index in [1.165, 1.54) is 27.2 Å². The van der Waals surface area contributed by atoms with Crippen molar-refractivity contribution >= 4 is 53.8 Å². The Balaban J connectivity index is 1.78. The minimum atomic E-state index is -0.174. The van der Waals surface area contributed by atoms with Crippen LogP contribution in [0.2, 0.25) is 0 Å². The molecule has 0 amide bonds. The summed E-state index contributed by atoms with van der Waals surface area (Å²) in [4.78, 5) is 23.8. The zero-order valence-corrected chi connectivity index (χ0v) is 17.6. The highest BCUT2D eigenvalue weighted by Gasteiger charge is 2.17. The average molecular weight is 421 g/mol. The van der Waals surface area contributed by atoms with Crippen molar-refractivity contribution in [3.63, 3.8) is 0 Å². The maximum absolute atomic E-state index is 13.1. The van der Waals surface area contributed by atoms with Gasteiger partial charge in [-0.25, -0.2) is 9.97 Å². The van der Waals surface area contributed by atoms with Crippen LogP contribution in [0.5, 0.6) is 0 Å². The standard InChI is InChI=1S/C20H16N6OS2/c1-10-9-11(2)21-18-14(10)15-16(28-18)19(27)26-20(22-15)29-17(12(3)25-26)24-23-13-7-5-4-6-8-13/h4-9,23H,1-3H3/b24-17+. The van der Waals surface area contributed by atoms with Crippen LogP contribution in [0.4, 0.5) is 5.69 Å². The van der Waals surface area contributed by atoms with E-state index in [1.54, 1.807) is 0 Å². The molecule has 4 heterocycles. The van der Waals surface area contributed by atoms with E-state index in [1.807, 2.05) is 57.2 Å². The second-order valence-corrected chi connectivity index (χ2v) is 8.69. The van der Waals surface area contributed by atoms with Crippen LogP contribution < -0.4 is 15.7 Å². The third kappa shape index (κ3) is 2.99. The van der Waals surface area contributed by atoms with Crippen molar-refractivity contribution in [1.82, 2.24) is 19.6 Å². The molecule has 1 aromatic carbocycles. The second-order valence-electron chi connectivity index (χ2n) is 6.73. The van der Waals surface area contributed by atoms with E-state index >= 15 is 0 Å². The molecular weight excluding hydrogens is 404 g/mol. The molecule has 7 nitrogen and oxygen atoms in total. The van der Waals surface area contributed by atoms with Crippen LogP contribution in [0.25, 0.3) is 25.4 Å². The molecule has 0 aliphatic rings. The minimum absolute atomic E-state index is 0.174. The summed E-state index contributed by atoms with van der Waals surface area (Å²) in [6.45, 7) is 5.81. The van der Waals surface area contributed by atoms with Crippen LogP contribution in [0, 0.1) is 20.8 Å². The molecule has 0 fully saturated rings. The normalized spacial score (nSPS) is 12.3.